The van der Waals surface area contributed by atoms with Crippen LogP contribution in [0.1, 0.15) is 45.4 Å². The summed E-state index contributed by atoms with van der Waals surface area (Å²) in [4.78, 5) is 23.9. The number of carbonyl (C=O) groups excluding carboxylic acids is 1. The number of carboxylic acids is 1. The first-order valence-corrected chi connectivity index (χ1v) is 7.71. The van der Waals surface area contributed by atoms with Crippen molar-refractivity contribution in [2.24, 2.45) is 11.3 Å². The quantitative estimate of drug-likeness (QED) is 0.869. The standard InChI is InChI=1S/C17H22FNO3/c1-17(11-15(20)21,12-7-3-2-4-8-12)16(22)19-14-10-6-5-9-13(14)18/h5-6,9-10,12H,2-4,7-8,11H2,1H3,(H,19,22)(H,20,21). The molecule has 4 nitrogen and oxygen atoms in total. The van der Waals surface area contributed by atoms with Crippen LogP contribution in [0, 0.1) is 17.2 Å². The van der Waals surface area contributed by atoms with Gasteiger partial charge < -0.3 is 10.4 Å². The van der Waals surface area contributed by atoms with Crippen molar-refractivity contribution in [3.63, 3.8) is 0 Å². The van der Waals surface area contributed by atoms with E-state index >= 15 is 0 Å². The molecule has 1 saturated carbocycles. The molecule has 0 heterocycles. The number of rotatable bonds is 5. The Kier molecular flexibility index (Phi) is 5.16. The summed E-state index contributed by atoms with van der Waals surface area (Å²) in [6.45, 7) is 1.69. The highest BCUT2D eigenvalue weighted by molar-refractivity contribution is 5.97. The van der Waals surface area contributed by atoms with Gasteiger partial charge in [0, 0.05) is 0 Å². The van der Waals surface area contributed by atoms with E-state index < -0.39 is 23.1 Å². The molecular formula is C17H22FNO3. The molecule has 1 amide bonds. The summed E-state index contributed by atoms with van der Waals surface area (Å²) in [6, 6.07) is 5.93. The van der Waals surface area contributed by atoms with Gasteiger partial charge in [-0.25, -0.2) is 4.39 Å². The van der Waals surface area contributed by atoms with E-state index in [1.807, 2.05) is 0 Å². The van der Waals surface area contributed by atoms with Gasteiger partial charge in [0.05, 0.1) is 17.5 Å². The third-order valence-corrected chi connectivity index (χ3v) is 4.67. The maximum Gasteiger partial charge on any atom is 0.304 e. The Morgan fingerprint density at radius 3 is 2.50 bits per heavy atom. The molecule has 1 aromatic rings. The van der Waals surface area contributed by atoms with Crippen LogP contribution in [0.5, 0.6) is 0 Å². The molecule has 22 heavy (non-hydrogen) atoms. The minimum Gasteiger partial charge on any atom is -0.481 e. The zero-order chi connectivity index (χ0) is 16.2. The van der Waals surface area contributed by atoms with E-state index in [1.165, 1.54) is 12.1 Å². The highest BCUT2D eigenvalue weighted by atomic mass is 19.1. The molecule has 120 valence electrons. The van der Waals surface area contributed by atoms with Crippen molar-refractivity contribution in [2.45, 2.75) is 45.4 Å². The topological polar surface area (TPSA) is 66.4 Å². The van der Waals surface area contributed by atoms with Crippen molar-refractivity contribution < 1.29 is 19.1 Å². The number of nitrogens with one attached hydrogen (secondary N) is 1. The molecule has 1 aliphatic carbocycles. The zero-order valence-corrected chi connectivity index (χ0v) is 12.8. The molecule has 1 unspecified atom stereocenters. The summed E-state index contributed by atoms with van der Waals surface area (Å²) in [5.41, 5.74) is -0.922. The number of hydrogen-bond donors (Lipinski definition) is 2. The number of benzene rings is 1. The van der Waals surface area contributed by atoms with Gasteiger partial charge in [-0.3, -0.25) is 9.59 Å². The van der Waals surface area contributed by atoms with Crippen molar-refractivity contribution in [2.75, 3.05) is 5.32 Å². The summed E-state index contributed by atoms with van der Waals surface area (Å²) < 4.78 is 13.7. The number of amides is 1. The van der Waals surface area contributed by atoms with Crippen LogP contribution in [0.25, 0.3) is 0 Å². The van der Waals surface area contributed by atoms with Gasteiger partial charge >= 0.3 is 5.97 Å². The van der Waals surface area contributed by atoms with E-state index in [2.05, 4.69) is 5.32 Å². The van der Waals surface area contributed by atoms with Gasteiger partial charge in [-0.05, 0) is 37.8 Å². The van der Waals surface area contributed by atoms with Crippen LogP contribution in [0.4, 0.5) is 10.1 Å². The smallest absolute Gasteiger partial charge is 0.304 e. The predicted octanol–water partition coefficient (Wildman–Crippen LogP) is 3.83. The highest BCUT2D eigenvalue weighted by Crippen LogP contribution is 2.42. The number of aliphatic carboxylic acids is 1. The van der Waals surface area contributed by atoms with Crippen molar-refractivity contribution in [1.29, 1.82) is 0 Å². The molecular weight excluding hydrogens is 285 g/mol. The van der Waals surface area contributed by atoms with E-state index in [9.17, 15) is 19.1 Å². The minimum absolute atomic E-state index is 0.0177. The Bertz CT molecular complexity index is 555. The second-order valence-corrected chi connectivity index (χ2v) is 6.26. The molecule has 0 saturated heterocycles. The van der Waals surface area contributed by atoms with Crippen LogP contribution in [-0.2, 0) is 9.59 Å². The largest absolute Gasteiger partial charge is 0.481 e. The van der Waals surface area contributed by atoms with E-state index in [0.717, 1.165) is 32.1 Å². The number of para-hydroxylation sites is 1. The first kappa shape index (κ1) is 16.5. The lowest BCUT2D eigenvalue weighted by Crippen LogP contribution is -2.42. The second kappa shape index (κ2) is 6.90. The van der Waals surface area contributed by atoms with Gasteiger partial charge in [0.1, 0.15) is 5.82 Å². The minimum atomic E-state index is -1.02. The van der Waals surface area contributed by atoms with Crippen LogP contribution >= 0.6 is 0 Å². The van der Waals surface area contributed by atoms with Gasteiger partial charge in [0.15, 0.2) is 0 Å². The lowest BCUT2D eigenvalue weighted by atomic mass is 9.67. The summed E-state index contributed by atoms with van der Waals surface area (Å²) in [5.74, 6) is -1.91. The molecule has 2 rings (SSSR count). The Morgan fingerprint density at radius 2 is 1.91 bits per heavy atom. The van der Waals surface area contributed by atoms with Crippen molar-refractivity contribution in [3.8, 4) is 0 Å². The van der Waals surface area contributed by atoms with Gasteiger partial charge in [-0.1, -0.05) is 31.4 Å². The molecule has 1 aromatic carbocycles. The molecule has 5 heteroatoms. The Labute approximate surface area is 129 Å². The molecule has 0 radical (unpaired) electrons. The SMILES string of the molecule is CC(CC(=O)O)(C(=O)Nc1ccccc1F)C1CCCCC1. The first-order valence-electron chi connectivity index (χ1n) is 7.71. The second-order valence-electron chi connectivity index (χ2n) is 6.26. The van der Waals surface area contributed by atoms with Crippen LogP contribution in [0.3, 0.4) is 0 Å². The molecule has 2 N–H and O–H groups in total. The van der Waals surface area contributed by atoms with Crippen LogP contribution in [-0.4, -0.2) is 17.0 Å². The summed E-state index contributed by atoms with van der Waals surface area (Å²) in [7, 11) is 0. The molecule has 0 bridgehead atoms. The summed E-state index contributed by atoms with van der Waals surface area (Å²) >= 11 is 0. The van der Waals surface area contributed by atoms with E-state index in [-0.39, 0.29) is 18.0 Å². The van der Waals surface area contributed by atoms with Crippen LogP contribution in [0.15, 0.2) is 24.3 Å². The van der Waals surface area contributed by atoms with Crippen molar-refractivity contribution in [3.05, 3.63) is 30.1 Å². The average molecular weight is 307 g/mol. The number of anilines is 1. The zero-order valence-electron chi connectivity index (χ0n) is 12.8. The molecule has 1 atom stereocenters. The fourth-order valence-corrected chi connectivity index (χ4v) is 3.29. The maximum absolute atomic E-state index is 13.7. The average Bonchev–Trinajstić information content (AvgIpc) is 2.49. The fraction of sp³-hybridized carbons (Fsp3) is 0.529. The lowest BCUT2D eigenvalue weighted by Gasteiger charge is -2.37. The van der Waals surface area contributed by atoms with Gasteiger partial charge in [-0.15, -0.1) is 0 Å². The number of hydrogen-bond acceptors (Lipinski definition) is 2. The summed E-state index contributed by atoms with van der Waals surface area (Å²) in [5, 5.41) is 11.8. The van der Waals surface area contributed by atoms with Gasteiger partial charge in [0.25, 0.3) is 0 Å². The maximum atomic E-state index is 13.7. The number of halogens is 1. The van der Waals surface area contributed by atoms with E-state index in [0.29, 0.717) is 0 Å². The van der Waals surface area contributed by atoms with Gasteiger partial charge in [-0.2, -0.15) is 0 Å². The molecule has 1 fully saturated rings. The fourth-order valence-electron chi connectivity index (χ4n) is 3.29. The Morgan fingerprint density at radius 1 is 1.27 bits per heavy atom. The number of carboxylic acid groups (broad SMARTS) is 1. The normalized spacial score (nSPS) is 18.5. The Hall–Kier alpha value is -1.91. The number of carbonyl (C=O) groups is 2. The van der Waals surface area contributed by atoms with Crippen LogP contribution in [0.2, 0.25) is 0 Å². The van der Waals surface area contributed by atoms with Crippen molar-refractivity contribution in [1.82, 2.24) is 0 Å². The first-order chi connectivity index (χ1) is 10.4. The van der Waals surface area contributed by atoms with Crippen molar-refractivity contribution >= 4 is 17.6 Å². The third-order valence-electron chi connectivity index (χ3n) is 4.67. The third kappa shape index (κ3) is 3.64. The highest BCUT2D eigenvalue weighted by Gasteiger charge is 2.43. The molecule has 0 aromatic heterocycles. The van der Waals surface area contributed by atoms with Crippen LogP contribution < -0.4 is 5.32 Å². The Balaban J connectivity index is 2.22. The van der Waals surface area contributed by atoms with E-state index in [1.54, 1.807) is 19.1 Å². The summed E-state index contributed by atoms with van der Waals surface area (Å²) in [6.07, 6.45) is 4.58. The molecule has 0 spiro atoms. The molecule has 1 aliphatic rings. The molecule has 0 aliphatic heterocycles. The lowest BCUT2D eigenvalue weighted by molar-refractivity contribution is -0.145. The van der Waals surface area contributed by atoms with E-state index in [4.69, 9.17) is 0 Å². The predicted molar refractivity (Wildman–Crippen MR) is 82.0 cm³/mol. The monoisotopic (exact) mass is 307 g/mol. The van der Waals surface area contributed by atoms with Gasteiger partial charge in [0.2, 0.25) is 5.91 Å².